The highest BCUT2D eigenvalue weighted by Crippen LogP contribution is 2.26. The Balaban J connectivity index is 1.75. The topological polar surface area (TPSA) is 75.7 Å². The van der Waals surface area contributed by atoms with Crippen LogP contribution >= 0.6 is 0 Å². The predicted octanol–water partition coefficient (Wildman–Crippen LogP) is 3.05. The van der Waals surface area contributed by atoms with Crippen molar-refractivity contribution in [3.05, 3.63) is 59.4 Å². The van der Waals surface area contributed by atoms with Gasteiger partial charge >= 0.3 is 5.97 Å². The molecule has 0 aromatic heterocycles. The van der Waals surface area contributed by atoms with Gasteiger partial charge in [-0.15, -0.1) is 0 Å². The Morgan fingerprint density at radius 1 is 1.22 bits per heavy atom. The number of nitrogens with one attached hydrogen (secondary N) is 1. The highest BCUT2D eigenvalue weighted by molar-refractivity contribution is 6.23. The molecule has 1 aliphatic heterocycles. The molecule has 1 fully saturated rings. The number of ether oxygens (including phenoxy) is 1. The molecule has 1 aliphatic rings. The van der Waals surface area contributed by atoms with Crippen LogP contribution in [0, 0.1) is 12.7 Å². The van der Waals surface area contributed by atoms with Crippen LogP contribution in [0.2, 0.25) is 0 Å². The van der Waals surface area contributed by atoms with Gasteiger partial charge in [-0.1, -0.05) is 6.07 Å². The van der Waals surface area contributed by atoms with Gasteiger partial charge in [0.2, 0.25) is 5.91 Å². The van der Waals surface area contributed by atoms with Gasteiger partial charge in [-0.2, -0.15) is 0 Å². The predicted molar refractivity (Wildman–Crippen MR) is 98.1 cm³/mol. The highest BCUT2D eigenvalue weighted by atomic mass is 19.1. The lowest BCUT2D eigenvalue weighted by Crippen LogP contribution is -2.34. The molecule has 1 saturated heterocycles. The zero-order chi connectivity index (χ0) is 19.6. The molecule has 27 heavy (non-hydrogen) atoms. The fraction of sp³-hybridized carbons (Fsp3) is 0.250. The van der Waals surface area contributed by atoms with Gasteiger partial charge in [0.15, 0.2) is 0 Å². The minimum Gasteiger partial charge on any atom is -0.462 e. The Morgan fingerprint density at radius 3 is 2.56 bits per heavy atom. The minimum atomic E-state index is -0.774. The number of esters is 1. The zero-order valence-corrected chi connectivity index (χ0v) is 15.0. The van der Waals surface area contributed by atoms with Gasteiger partial charge in [-0.3, -0.25) is 9.59 Å². The van der Waals surface area contributed by atoms with E-state index in [0.717, 1.165) is 4.90 Å². The third-order valence-electron chi connectivity index (χ3n) is 4.30. The Hall–Kier alpha value is -3.22. The van der Waals surface area contributed by atoms with Gasteiger partial charge in [-0.05, 0) is 55.8 Å². The molecule has 0 saturated carbocycles. The molecule has 2 amide bonds. The quantitative estimate of drug-likeness (QED) is 0.647. The SMILES string of the molecule is CCOC(=O)c1ccc(N2C(=O)C[C@@H](Nc3ccc(C)c(F)c3)C2=O)cc1. The maximum absolute atomic E-state index is 13.7. The third kappa shape index (κ3) is 3.81. The van der Waals surface area contributed by atoms with Crippen LogP contribution in [0.1, 0.15) is 29.3 Å². The van der Waals surface area contributed by atoms with E-state index in [2.05, 4.69) is 5.32 Å². The number of carbonyl (C=O) groups is 3. The zero-order valence-electron chi connectivity index (χ0n) is 15.0. The molecule has 2 aromatic carbocycles. The van der Waals surface area contributed by atoms with Gasteiger partial charge in [0.1, 0.15) is 11.9 Å². The van der Waals surface area contributed by atoms with Crippen LogP contribution in [0.15, 0.2) is 42.5 Å². The maximum atomic E-state index is 13.7. The van der Waals surface area contributed by atoms with Crippen LogP contribution in [0.3, 0.4) is 0 Å². The summed E-state index contributed by atoms with van der Waals surface area (Å²) in [6.45, 7) is 3.61. The third-order valence-corrected chi connectivity index (χ3v) is 4.30. The number of anilines is 2. The van der Waals surface area contributed by atoms with E-state index in [9.17, 15) is 18.8 Å². The van der Waals surface area contributed by atoms with E-state index in [1.54, 1.807) is 26.0 Å². The van der Waals surface area contributed by atoms with Crippen LogP contribution in [0.5, 0.6) is 0 Å². The van der Waals surface area contributed by atoms with E-state index in [1.807, 2.05) is 0 Å². The molecule has 0 unspecified atom stereocenters. The largest absolute Gasteiger partial charge is 0.462 e. The van der Waals surface area contributed by atoms with Crippen LogP contribution in [-0.2, 0) is 14.3 Å². The van der Waals surface area contributed by atoms with E-state index < -0.39 is 17.9 Å². The number of carbonyl (C=O) groups excluding carboxylic acids is 3. The van der Waals surface area contributed by atoms with Gasteiger partial charge in [0, 0.05) is 5.69 Å². The average Bonchev–Trinajstić information content (AvgIpc) is 2.92. The Labute approximate surface area is 155 Å². The summed E-state index contributed by atoms with van der Waals surface area (Å²) in [4.78, 5) is 37.7. The summed E-state index contributed by atoms with van der Waals surface area (Å²) in [6, 6.07) is 9.84. The molecule has 3 rings (SSSR count). The average molecular weight is 370 g/mol. The molecule has 1 heterocycles. The number of benzene rings is 2. The van der Waals surface area contributed by atoms with Crippen molar-refractivity contribution in [2.24, 2.45) is 0 Å². The van der Waals surface area contributed by atoms with Crippen LogP contribution < -0.4 is 10.2 Å². The summed E-state index contributed by atoms with van der Waals surface area (Å²) >= 11 is 0. The van der Waals surface area contributed by atoms with Gasteiger partial charge in [0.25, 0.3) is 5.91 Å². The molecule has 6 nitrogen and oxygen atoms in total. The number of amides is 2. The van der Waals surface area contributed by atoms with E-state index >= 15 is 0 Å². The molecule has 1 atom stereocenters. The van der Waals surface area contributed by atoms with Crippen molar-refractivity contribution in [3.8, 4) is 0 Å². The Kier molecular flexibility index (Phi) is 5.21. The fourth-order valence-corrected chi connectivity index (χ4v) is 2.86. The number of imide groups is 1. The van der Waals surface area contributed by atoms with Crippen LogP contribution in [-0.4, -0.2) is 30.4 Å². The molecule has 0 aliphatic carbocycles. The number of hydrogen-bond acceptors (Lipinski definition) is 5. The minimum absolute atomic E-state index is 0.0338. The van der Waals surface area contributed by atoms with Crippen molar-refractivity contribution in [3.63, 3.8) is 0 Å². The molecule has 0 radical (unpaired) electrons. The first-order valence-electron chi connectivity index (χ1n) is 8.57. The normalized spacial score (nSPS) is 16.6. The van der Waals surface area contributed by atoms with Crippen molar-refractivity contribution in [1.29, 1.82) is 0 Å². The monoisotopic (exact) mass is 370 g/mol. The van der Waals surface area contributed by atoms with Crippen LogP contribution in [0.4, 0.5) is 15.8 Å². The van der Waals surface area contributed by atoms with Gasteiger partial charge in [0.05, 0.1) is 24.3 Å². The van der Waals surface area contributed by atoms with E-state index in [0.29, 0.717) is 22.5 Å². The summed E-state index contributed by atoms with van der Waals surface area (Å²) < 4.78 is 18.6. The molecule has 2 aromatic rings. The lowest BCUT2D eigenvalue weighted by Gasteiger charge is -2.16. The second-order valence-corrected chi connectivity index (χ2v) is 6.20. The highest BCUT2D eigenvalue weighted by Gasteiger charge is 2.39. The number of nitrogens with zero attached hydrogens (tertiary/aromatic N) is 1. The molecule has 0 bridgehead atoms. The second-order valence-electron chi connectivity index (χ2n) is 6.20. The summed E-state index contributed by atoms with van der Waals surface area (Å²) in [5.74, 6) is -1.65. The Bertz CT molecular complexity index is 895. The first-order valence-corrected chi connectivity index (χ1v) is 8.57. The fourth-order valence-electron chi connectivity index (χ4n) is 2.86. The molecular formula is C20H19FN2O4. The maximum Gasteiger partial charge on any atom is 0.338 e. The van der Waals surface area contributed by atoms with Gasteiger partial charge in [-0.25, -0.2) is 14.1 Å². The first-order chi connectivity index (χ1) is 12.9. The van der Waals surface area contributed by atoms with Crippen molar-refractivity contribution >= 4 is 29.2 Å². The molecule has 7 heteroatoms. The van der Waals surface area contributed by atoms with E-state index in [-0.39, 0.29) is 24.8 Å². The summed E-state index contributed by atoms with van der Waals surface area (Å²) in [6.07, 6.45) is -0.0338. The van der Waals surface area contributed by atoms with Crippen molar-refractivity contribution in [2.45, 2.75) is 26.3 Å². The molecule has 0 spiro atoms. The number of halogens is 1. The number of hydrogen-bond donors (Lipinski definition) is 1. The molecule has 1 N–H and O–H groups in total. The van der Waals surface area contributed by atoms with E-state index in [4.69, 9.17) is 4.74 Å². The summed E-state index contributed by atoms with van der Waals surface area (Å²) in [7, 11) is 0. The van der Waals surface area contributed by atoms with Gasteiger partial charge < -0.3 is 10.1 Å². The Morgan fingerprint density at radius 2 is 1.93 bits per heavy atom. The summed E-state index contributed by atoms with van der Waals surface area (Å²) in [5.41, 5.74) is 1.64. The second kappa shape index (κ2) is 7.57. The molecule has 140 valence electrons. The lowest BCUT2D eigenvalue weighted by molar-refractivity contribution is -0.121. The lowest BCUT2D eigenvalue weighted by atomic mass is 10.2. The smallest absolute Gasteiger partial charge is 0.338 e. The molecular weight excluding hydrogens is 351 g/mol. The van der Waals surface area contributed by atoms with Crippen molar-refractivity contribution in [2.75, 3.05) is 16.8 Å². The standard InChI is InChI=1S/C20H19FN2O4/c1-3-27-20(26)13-5-8-15(9-6-13)23-18(24)11-17(19(23)25)22-14-7-4-12(2)16(21)10-14/h4-10,17,22H,3,11H2,1-2H3/t17-/m1/s1. The van der Waals surface area contributed by atoms with Crippen molar-refractivity contribution < 1.29 is 23.5 Å². The van der Waals surface area contributed by atoms with E-state index in [1.165, 1.54) is 30.3 Å². The van der Waals surface area contributed by atoms with Crippen LogP contribution in [0.25, 0.3) is 0 Å². The summed E-state index contributed by atoms with van der Waals surface area (Å²) in [5, 5.41) is 2.91. The van der Waals surface area contributed by atoms with Crippen molar-refractivity contribution in [1.82, 2.24) is 0 Å². The number of aryl methyl sites for hydroxylation is 1. The number of rotatable bonds is 5. The first kappa shape index (κ1) is 18.6.